The normalized spacial score (nSPS) is 12.2. The zero-order valence-corrected chi connectivity index (χ0v) is 11.7. The molecular weight excluding hydrogens is 264 g/mol. The second kappa shape index (κ2) is 4.88. The lowest BCUT2D eigenvalue weighted by molar-refractivity contribution is 0.0533. The summed E-state index contributed by atoms with van der Waals surface area (Å²) in [6, 6.07) is 0. The van der Waals surface area contributed by atoms with Gasteiger partial charge in [-0.3, -0.25) is 13.9 Å². The van der Waals surface area contributed by atoms with Gasteiger partial charge in [0.15, 0.2) is 11.2 Å². The Morgan fingerprint density at radius 2 is 1.85 bits per heavy atom. The van der Waals surface area contributed by atoms with Crippen molar-refractivity contribution in [3.05, 3.63) is 27.2 Å². The van der Waals surface area contributed by atoms with Gasteiger partial charge in [0.1, 0.15) is 0 Å². The van der Waals surface area contributed by atoms with E-state index in [9.17, 15) is 19.8 Å². The zero-order valence-electron chi connectivity index (χ0n) is 11.7. The van der Waals surface area contributed by atoms with Crippen LogP contribution in [0, 0.1) is 5.41 Å². The first-order valence-corrected chi connectivity index (χ1v) is 6.17. The molecule has 0 aliphatic carbocycles. The highest BCUT2D eigenvalue weighted by atomic mass is 16.3. The second-order valence-electron chi connectivity index (χ2n) is 5.39. The minimum atomic E-state index is -0.942. The smallest absolute Gasteiger partial charge is 0.332 e. The summed E-state index contributed by atoms with van der Waals surface area (Å²) in [6.07, 6.45) is 1.47. The molecule has 0 saturated heterocycles. The van der Waals surface area contributed by atoms with E-state index in [1.54, 1.807) is 18.5 Å². The molecule has 8 nitrogen and oxygen atoms in total. The van der Waals surface area contributed by atoms with Crippen LogP contribution in [0.25, 0.3) is 11.2 Å². The molecule has 0 unspecified atom stereocenters. The number of aliphatic hydroxyl groups excluding tert-OH is 2. The minimum Gasteiger partial charge on any atom is -0.396 e. The van der Waals surface area contributed by atoms with Gasteiger partial charge in [0, 0.05) is 26.1 Å². The molecule has 0 saturated carbocycles. The summed E-state index contributed by atoms with van der Waals surface area (Å²) >= 11 is 0. The van der Waals surface area contributed by atoms with Gasteiger partial charge in [-0.25, -0.2) is 9.78 Å². The van der Waals surface area contributed by atoms with Crippen LogP contribution in [-0.4, -0.2) is 42.1 Å². The van der Waals surface area contributed by atoms with Crippen LogP contribution in [0.15, 0.2) is 15.9 Å². The number of rotatable bonds is 4. The molecule has 0 aliphatic heterocycles. The van der Waals surface area contributed by atoms with Gasteiger partial charge >= 0.3 is 5.69 Å². The first-order chi connectivity index (χ1) is 9.34. The van der Waals surface area contributed by atoms with E-state index >= 15 is 0 Å². The van der Waals surface area contributed by atoms with Crippen LogP contribution in [0.4, 0.5) is 0 Å². The molecule has 0 spiro atoms. The highest BCUT2D eigenvalue weighted by Gasteiger charge is 2.26. The summed E-state index contributed by atoms with van der Waals surface area (Å²) in [5.41, 5.74) is -1.31. The van der Waals surface area contributed by atoms with Crippen LogP contribution >= 0.6 is 0 Å². The third-order valence-corrected chi connectivity index (χ3v) is 3.50. The van der Waals surface area contributed by atoms with Crippen LogP contribution in [0.5, 0.6) is 0 Å². The molecule has 0 radical (unpaired) electrons. The van der Waals surface area contributed by atoms with Gasteiger partial charge in [-0.15, -0.1) is 0 Å². The molecule has 0 bridgehead atoms. The van der Waals surface area contributed by atoms with Crippen LogP contribution in [-0.2, 0) is 20.6 Å². The van der Waals surface area contributed by atoms with Gasteiger partial charge in [-0.2, -0.15) is 0 Å². The monoisotopic (exact) mass is 282 g/mol. The highest BCUT2D eigenvalue weighted by Crippen LogP contribution is 2.16. The van der Waals surface area contributed by atoms with E-state index in [-0.39, 0.29) is 19.8 Å². The van der Waals surface area contributed by atoms with Gasteiger partial charge in [-0.05, 0) is 0 Å². The molecule has 8 heteroatoms. The fourth-order valence-corrected chi connectivity index (χ4v) is 2.07. The Morgan fingerprint density at radius 1 is 1.25 bits per heavy atom. The Morgan fingerprint density at radius 3 is 2.40 bits per heavy atom. The molecule has 2 heterocycles. The molecule has 0 aromatic carbocycles. The summed E-state index contributed by atoms with van der Waals surface area (Å²) < 4.78 is 3.85. The van der Waals surface area contributed by atoms with Crippen molar-refractivity contribution in [2.24, 2.45) is 19.5 Å². The van der Waals surface area contributed by atoms with E-state index < -0.39 is 16.7 Å². The molecule has 0 aliphatic rings. The van der Waals surface area contributed by atoms with Crippen molar-refractivity contribution in [3.8, 4) is 0 Å². The Hall–Kier alpha value is -1.93. The number of fused-ring (bicyclic) bond motifs is 1. The molecular formula is C12H18N4O4. The third-order valence-electron chi connectivity index (χ3n) is 3.50. The number of hydrogen-bond acceptors (Lipinski definition) is 5. The lowest BCUT2D eigenvalue weighted by Crippen LogP contribution is -2.45. The van der Waals surface area contributed by atoms with Crippen molar-refractivity contribution >= 4 is 11.2 Å². The second-order valence-corrected chi connectivity index (χ2v) is 5.39. The molecule has 2 N–H and O–H groups in total. The van der Waals surface area contributed by atoms with Gasteiger partial charge < -0.3 is 14.8 Å². The first-order valence-electron chi connectivity index (χ1n) is 6.17. The van der Waals surface area contributed by atoms with E-state index in [2.05, 4.69) is 4.98 Å². The van der Waals surface area contributed by atoms with Crippen molar-refractivity contribution in [2.45, 2.75) is 13.5 Å². The maximum absolute atomic E-state index is 12.4. The zero-order chi connectivity index (χ0) is 15.1. The molecule has 0 amide bonds. The highest BCUT2D eigenvalue weighted by molar-refractivity contribution is 5.69. The predicted octanol–water partition coefficient (Wildman–Crippen LogP) is -1.58. The minimum absolute atomic E-state index is 0.0629. The van der Waals surface area contributed by atoms with Crippen molar-refractivity contribution in [2.75, 3.05) is 13.2 Å². The van der Waals surface area contributed by atoms with Crippen molar-refractivity contribution in [1.29, 1.82) is 0 Å². The molecule has 2 aromatic rings. The Bertz CT molecular complexity index is 751. The Kier molecular flexibility index (Phi) is 3.53. The maximum Gasteiger partial charge on any atom is 0.332 e. The average Bonchev–Trinajstić information content (AvgIpc) is 2.83. The largest absolute Gasteiger partial charge is 0.396 e. The number of aliphatic hydroxyl groups is 2. The molecule has 0 atom stereocenters. The van der Waals surface area contributed by atoms with Gasteiger partial charge in [-0.1, -0.05) is 6.92 Å². The van der Waals surface area contributed by atoms with Gasteiger partial charge in [0.2, 0.25) is 0 Å². The van der Waals surface area contributed by atoms with Crippen LogP contribution in [0.3, 0.4) is 0 Å². The van der Waals surface area contributed by atoms with Crippen LogP contribution in [0.1, 0.15) is 6.92 Å². The Balaban J connectivity index is 2.74. The topological polar surface area (TPSA) is 102 Å². The Labute approximate surface area is 114 Å². The summed E-state index contributed by atoms with van der Waals surface area (Å²) in [4.78, 5) is 28.7. The number of imidazole rings is 1. The van der Waals surface area contributed by atoms with Gasteiger partial charge in [0.05, 0.1) is 19.5 Å². The van der Waals surface area contributed by atoms with Crippen LogP contribution < -0.4 is 11.2 Å². The number of nitrogens with zero attached hydrogens (tertiary/aromatic N) is 4. The lowest BCUT2D eigenvalue weighted by Gasteiger charge is -2.25. The fraction of sp³-hybridized carbons (Fsp3) is 0.583. The molecule has 110 valence electrons. The van der Waals surface area contributed by atoms with Crippen molar-refractivity contribution in [3.63, 3.8) is 0 Å². The number of hydrogen-bond donors (Lipinski definition) is 2. The number of aryl methyl sites for hydroxylation is 2. The summed E-state index contributed by atoms with van der Waals surface area (Å²) in [7, 11) is 3.20. The average molecular weight is 282 g/mol. The quantitative estimate of drug-likeness (QED) is 0.705. The van der Waals surface area contributed by atoms with Gasteiger partial charge in [0.25, 0.3) is 5.56 Å². The SMILES string of the molecule is Cn1cnc2c1c(=O)n(CC(C)(CO)CO)c(=O)n2C. The van der Waals surface area contributed by atoms with Crippen LogP contribution in [0.2, 0.25) is 0 Å². The van der Waals surface area contributed by atoms with E-state index in [4.69, 9.17) is 0 Å². The molecule has 20 heavy (non-hydrogen) atoms. The summed E-state index contributed by atoms with van der Waals surface area (Å²) in [6.45, 7) is 0.879. The molecule has 2 rings (SSSR count). The van der Waals surface area contributed by atoms with E-state index in [0.29, 0.717) is 11.2 Å². The van der Waals surface area contributed by atoms with Crippen molar-refractivity contribution in [1.82, 2.24) is 18.7 Å². The van der Waals surface area contributed by atoms with E-state index in [1.165, 1.54) is 17.9 Å². The summed E-state index contributed by atoms with van der Waals surface area (Å²) in [5, 5.41) is 18.6. The van der Waals surface area contributed by atoms with E-state index in [1.807, 2.05) is 0 Å². The summed E-state index contributed by atoms with van der Waals surface area (Å²) in [5.74, 6) is 0. The predicted molar refractivity (Wildman–Crippen MR) is 72.5 cm³/mol. The fourth-order valence-electron chi connectivity index (χ4n) is 2.07. The third kappa shape index (κ3) is 2.06. The lowest BCUT2D eigenvalue weighted by atomic mass is 9.93. The number of aromatic nitrogens is 4. The molecule has 0 fully saturated rings. The van der Waals surface area contributed by atoms with Crippen molar-refractivity contribution < 1.29 is 10.2 Å². The van der Waals surface area contributed by atoms with E-state index in [0.717, 1.165) is 4.57 Å². The maximum atomic E-state index is 12.4. The standard InChI is InChI=1S/C12H18N4O4/c1-12(5-17,6-18)4-16-10(19)8-9(13-7-14(8)2)15(3)11(16)20/h7,17-18H,4-6H2,1-3H3. The molecule has 2 aromatic heterocycles. The first kappa shape index (κ1) is 14.5.